The zero-order valence-corrected chi connectivity index (χ0v) is 17.5. The second-order valence-electron chi connectivity index (χ2n) is 8.23. The molecule has 3 atom stereocenters. The fourth-order valence-corrected chi connectivity index (χ4v) is 4.44. The number of methoxy groups -OCH3 is 2. The zero-order chi connectivity index (χ0) is 22.4. The summed E-state index contributed by atoms with van der Waals surface area (Å²) in [6.07, 6.45) is 0.671. The maximum absolute atomic E-state index is 15.3. The summed E-state index contributed by atoms with van der Waals surface area (Å²) in [5.74, 6) is 4.41. The molecule has 2 fully saturated rings. The molecule has 0 spiro atoms. The molecule has 0 unspecified atom stereocenters. The predicted octanol–water partition coefficient (Wildman–Crippen LogP) is 0.498. The van der Waals surface area contributed by atoms with Crippen molar-refractivity contribution in [3.8, 4) is 5.75 Å². The van der Waals surface area contributed by atoms with Crippen LogP contribution in [-0.2, 0) is 4.74 Å². The van der Waals surface area contributed by atoms with Crippen molar-refractivity contribution in [3.05, 3.63) is 32.7 Å². The molecule has 2 aromatic rings. The molecule has 11 heteroatoms. The lowest BCUT2D eigenvalue weighted by Crippen LogP contribution is -2.44. The molecule has 0 amide bonds. The first-order chi connectivity index (χ1) is 14.8. The lowest BCUT2D eigenvalue weighted by atomic mass is 9.96. The minimum Gasteiger partial charge on any atom is -0.492 e. The van der Waals surface area contributed by atoms with Crippen molar-refractivity contribution >= 4 is 16.6 Å². The first-order valence-corrected chi connectivity index (χ1v) is 10.3. The molecule has 9 nitrogen and oxygen atoms in total. The molecule has 4 N–H and O–H groups in total. The van der Waals surface area contributed by atoms with E-state index in [1.807, 2.05) is 0 Å². The molecule has 1 aliphatic carbocycles. The Bertz CT molecular complexity index is 1110. The fraction of sp³-hybridized carbons (Fsp3) is 0.600. The number of ether oxygens (including phenoxy) is 2. The average Bonchev–Trinajstić information content (AvgIpc) is 3.51. The highest BCUT2D eigenvalue weighted by Gasteiger charge is 2.40. The second-order valence-corrected chi connectivity index (χ2v) is 8.23. The van der Waals surface area contributed by atoms with Crippen molar-refractivity contribution in [3.63, 3.8) is 0 Å². The SMILES string of the molecule is COCC[C@@H](N)[C@H]1CN(c2c(F)cc3c(=O)n(N)c(=O)n(C4CC4)c3c2OC)C[C@@H]1F. The van der Waals surface area contributed by atoms with Crippen molar-refractivity contribution in [2.75, 3.05) is 44.7 Å². The van der Waals surface area contributed by atoms with Gasteiger partial charge in [0.25, 0.3) is 5.56 Å². The summed E-state index contributed by atoms with van der Waals surface area (Å²) in [5.41, 5.74) is 4.84. The minimum absolute atomic E-state index is 0.0158. The molecule has 170 valence electrons. The van der Waals surface area contributed by atoms with Gasteiger partial charge in [0.15, 0.2) is 11.6 Å². The molecule has 1 aliphatic heterocycles. The van der Waals surface area contributed by atoms with Crippen LogP contribution in [0, 0.1) is 11.7 Å². The van der Waals surface area contributed by atoms with Crippen molar-refractivity contribution < 1.29 is 18.3 Å². The van der Waals surface area contributed by atoms with Gasteiger partial charge in [0, 0.05) is 44.8 Å². The first kappa shape index (κ1) is 21.6. The minimum atomic E-state index is -1.27. The number of alkyl halides is 1. The lowest BCUT2D eigenvalue weighted by Gasteiger charge is -2.25. The van der Waals surface area contributed by atoms with Crippen LogP contribution >= 0.6 is 0 Å². The van der Waals surface area contributed by atoms with Gasteiger partial charge in [-0.05, 0) is 25.3 Å². The van der Waals surface area contributed by atoms with Gasteiger partial charge in [-0.15, -0.1) is 0 Å². The molecule has 1 aromatic carbocycles. The molecule has 1 saturated carbocycles. The number of aromatic nitrogens is 2. The average molecular weight is 439 g/mol. The summed E-state index contributed by atoms with van der Waals surface area (Å²) in [6, 6.07) is 0.437. The van der Waals surface area contributed by atoms with Gasteiger partial charge in [0.2, 0.25) is 0 Å². The largest absolute Gasteiger partial charge is 0.492 e. The molecular formula is C20H27F2N5O4. The summed E-state index contributed by atoms with van der Waals surface area (Å²) in [5, 5.41) is -0.0589. The van der Waals surface area contributed by atoms with E-state index < -0.39 is 35.2 Å². The van der Waals surface area contributed by atoms with Crippen LogP contribution in [0.5, 0.6) is 5.75 Å². The van der Waals surface area contributed by atoms with Gasteiger partial charge in [0.1, 0.15) is 17.4 Å². The molecule has 0 radical (unpaired) electrons. The highest BCUT2D eigenvalue weighted by atomic mass is 19.1. The molecule has 31 heavy (non-hydrogen) atoms. The van der Waals surface area contributed by atoms with Crippen molar-refractivity contribution in [2.24, 2.45) is 11.7 Å². The smallest absolute Gasteiger partial charge is 0.350 e. The van der Waals surface area contributed by atoms with E-state index >= 15 is 4.39 Å². The highest BCUT2D eigenvalue weighted by molar-refractivity contribution is 5.91. The predicted molar refractivity (Wildman–Crippen MR) is 112 cm³/mol. The third-order valence-corrected chi connectivity index (χ3v) is 6.21. The van der Waals surface area contributed by atoms with Crippen molar-refractivity contribution in [1.29, 1.82) is 0 Å². The fourth-order valence-electron chi connectivity index (χ4n) is 4.44. The number of rotatable bonds is 7. The maximum atomic E-state index is 15.3. The number of halogens is 2. The van der Waals surface area contributed by atoms with Crippen molar-refractivity contribution in [1.82, 2.24) is 9.24 Å². The van der Waals surface area contributed by atoms with Crippen LogP contribution in [0.1, 0.15) is 25.3 Å². The van der Waals surface area contributed by atoms with E-state index in [9.17, 15) is 14.0 Å². The van der Waals surface area contributed by atoms with Crippen LogP contribution in [0.3, 0.4) is 0 Å². The number of benzene rings is 1. The Kier molecular flexibility index (Phi) is 5.65. The van der Waals surface area contributed by atoms with Crippen LogP contribution in [0.4, 0.5) is 14.5 Å². The second kappa shape index (κ2) is 8.12. The van der Waals surface area contributed by atoms with Gasteiger partial charge in [-0.25, -0.2) is 13.6 Å². The van der Waals surface area contributed by atoms with Gasteiger partial charge >= 0.3 is 5.69 Å². The van der Waals surface area contributed by atoms with Crippen LogP contribution in [0.2, 0.25) is 0 Å². The van der Waals surface area contributed by atoms with Crippen LogP contribution < -0.4 is 32.5 Å². The summed E-state index contributed by atoms with van der Waals surface area (Å²) in [6.45, 7) is 0.495. The number of fused-ring (bicyclic) bond motifs is 1. The van der Waals surface area contributed by atoms with Crippen molar-refractivity contribution in [2.45, 2.75) is 37.5 Å². The highest BCUT2D eigenvalue weighted by Crippen LogP contribution is 2.43. The first-order valence-electron chi connectivity index (χ1n) is 10.3. The monoisotopic (exact) mass is 439 g/mol. The van der Waals surface area contributed by atoms with E-state index in [0.717, 1.165) is 18.9 Å². The number of hydrogen-bond donors (Lipinski definition) is 2. The Balaban J connectivity index is 1.85. The Morgan fingerprint density at radius 3 is 2.58 bits per heavy atom. The number of nitrogens with two attached hydrogens (primary N) is 2. The lowest BCUT2D eigenvalue weighted by molar-refractivity contribution is 0.166. The van der Waals surface area contributed by atoms with Gasteiger partial charge in [-0.2, -0.15) is 4.68 Å². The quantitative estimate of drug-likeness (QED) is 0.603. The Hall–Kier alpha value is -2.66. The standard InChI is InChI=1S/C20H27F2N5O4/c1-30-6-5-15(23)12-8-25(9-14(12)22)17-13(21)7-11-16(18(17)31-2)26(10-3-4-10)20(29)27(24)19(11)28/h7,10,12,14-15H,3-6,8-9,23-24H2,1-2H3/t12-,14-,15+/m0/s1. The molecule has 1 aromatic heterocycles. The zero-order valence-electron chi connectivity index (χ0n) is 17.5. The molecule has 0 bridgehead atoms. The van der Waals surface area contributed by atoms with E-state index in [1.54, 1.807) is 7.11 Å². The summed E-state index contributed by atoms with van der Waals surface area (Å²) in [7, 11) is 2.88. The normalized spacial score (nSPS) is 22.3. The van der Waals surface area contributed by atoms with Crippen LogP contribution in [-0.4, -0.2) is 55.4 Å². The van der Waals surface area contributed by atoms with Gasteiger partial charge < -0.3 is 25.9 Å². The van der Waals surface area contributed by atoms with E-state index in [4.69, 9.17) is 21.1 Å². The molecule has 2 heterocycles. The molecule has 2 aliphatic rings. The van der Waals surface area contributed by atoms with E-state index in [-0.39, 0.29) is 41.5 Å². The third-order valence-electron chi connectivity index (χ3n) is 6.21. The number of anilines is 1. The topological polar surface area (TPSA) is 118 Å². The molecular weight excluding hydrogens is 412 g/mol. The Morgan fingerprint density at radius 1 is 1.26 bits per heavy atom. The summed E-state index contributed by atoms with van der Waals surface area (Å²) >= 11 is 0. The summed E-state index contributed by atoms with van der Waals surface area (Å²) < 4.78 is 42.5. The van der Waals surface area contributed by atoms with Crippen LogP contribution in [0.15, 0.2) is 15.7 Å². The number of nitrogen functional groups attached to an aromatic ring is 1. The van der Waals surface area contributed by atoms with Gasteiger partial charge in [-0.1, -0.05) is 0 Å². The van der Waals surface area contributed by atoms with Gasteiger partial charge in [0.05, 0.1) is 12.5 Å². The Labute approximate surface area is 177 Å². The summed E-state index contributed by atoms with van der Waals surface area (Å²) in [4.78, 5) is 26.8. The van der Waals surface area contributed by atoms with E-state index in [2.05, 4.69) is 0 Å². The van der Waals surface area contributed by atoms with Gasteiger partial charge in [-0.3, -0.25) is 9.36 Å². The van der Waals surface area contributed by atoms with Crippen LogP contribution in [0.25, 0.3) is 10.9 Å². The third kappa shape index (κ3) is 3.55. The molecule has 4 rings (SSSR count). The number of hydrogen-bond acceptors (Lipinski definition) is 7. The Morgan fingerprint density at radius 2 is 1.97 bits per heavy atom. The van der Waals surface area contributed by atoms with E-state index in [0.29, 0.717) is 17.7 Å². The number of nitrogens with zero attached hydrogens (tertiary/aromatic N) is 3. The molecule has 1 saturated heterocycles. The maximum Gasteiger partial charge on any atom is 0.350 e. The van der Waals surface area contributed by atoms with E-state index in [1.165, 1.54) is 16.6 Å².